The van der Waals surface area contributed by atoms with E-state index < -0.39 is 11.8 Å². The van der Waals surface area contributed by atoms with E-state index >= 15 is 0 Å². The molecule has 8 nitrogen and oxygen atoms in total. The number of phenolic OH excluding ortho intramolecular Hbond substituents is 1. The molecule has 132 valence electrons. The quantitative estimate of drug-likeness (QED) is 0.611. The van der Waals surface area contributed by atoms with Crippen molar-refractivity contribution in [3.05, 3.63) is 88.2 Å². The molecule has 0 spiro atoms. The second-order valence-electron chi connectivity index (χ2n) is 5.36. The van der Waals surface area contributed by atoms with Crippen LogP contribution in [0.15, 0.2) is 70.0 Å². The maximum atomic E-state index is 12.0. The molecule has 0 radical (unpaired) electrons. The molecule has 0 bridgehead atoms. The lowest BCUT2D eigenvalue weighted by molar-refractivity contribution is 0.0828. The number of hydrazine groups is 1. The second kappa shape index (κ2) is 7.39. The van der Waals surface area contributed by atoms with Gasteiger partial charge in [0.2, 0.25) is 0 Å². The number of phenols is 1. The van der Waals surface area contributed by atoms with Crippen LogP contribution < -0.4 is 16.4 Å². The van der Waals surface area contributed by atoms with Crippen molar-refractivity contribution in [1.82, 2.24) is 15.4 Å². The van der Waals surface area contributed by atoms with Crippen molar-refractivity contribution in [2.45, 2.75) is 6.54 Å². The molecule has 0 aliphatic heterocycles. The third kappa shape index (κ3) is 3.81. The van der Waals surface area contributed by atoms with Crippen LogP contribution in [0.3, 0.4) is 0 Å². The molecule has 0 unspecified atom stereocenters. The van der Waals surface area contributed by atoms with Gasteiger partial charge >= 0.3 is 5.91 Å². The standard InChI is InChI=1S/C18H15N3O5/c22-14-6-2-1-5-13(14)17(24)19-20-18(25)15-9-8-12(26-15)11-21-10-4-3-7-16(21)23/h1-10,22H,11H2,(H,19,24)(H,20,25). The van der Waals surface area contributed by atoms with Crippen LogP contribution in [0.4, 0.5) is 0 Å². The van der Waals surface area contributed by atoms with Gasteiger partial charge < -0.3 is 14.1 Å². The van der Waals surface area contributed by atoms with Gasteiger partial charge in [0, 0.05) is 12.3 Å². The third-order valence-corrected chi connectivity index (χ3v) is 3.55. The second-order valence-corrected chi connectivity index (χ2v) is 5.36. The maximum Gasteiger partial charge on any atom is 0.305 e. The summed E-state index contributed by atoms with van der Waals surface area (Å²) < 4.78 is 6.82. The highest BCUT2D eigenvalue weighted by Gasteiger charge is 2.15. The van der Waals surface area contributed by atoms with Crippen molar-refractivity contribution in [1.29, 1.82) is 0 Å². The lowest BCUT2D eigenvalue weighted by atomic mass is 10.2. The summed E-state index contributed by atoms with van der Waals surface area (Å²) in [6, 6.07) is 13.7. The first-order chi connectivity index (χ1) is 12.5. The fourth-order valence-corrected chi connectivity index (χ4v) is 2.25. The summed E-state index contributed by atoms with van der Waals surface area (Å²) in [5, 5.41) is 9.61. The molecule has 26 heavy (non-hydrogen) atoms. The Labute approximate surface area is 147 Å². The van der Waals surface area contributed by atoms with Crippen LogP contribution in [0.5, 0.6) is 5.75 Å². The van der Waals surface area contributed by atoms with Gasteiger partial charge in [-0.3, -0.25) is 25.2 Å². The monoisotopic (exact) mass is 353 g/mol. The Morgan fingerprint density at radius 2 is 1.69 bits per heavy atom. The number of pyridine rings is 1. The number of carbonyl (C=O) groups is 2. The lowest BCUT2D eigenvalue weighted by Crippen LogP contribution is -2.41. The Balaban J connectivity index is 1.62. The molecule has 0 saturated carbocycles. The minimum atomic E-state index is -0.668. The zero-order chi connectivity index (χ0) is 18.5. The summed E-state index contributed by atoms with van der Waals surface area (Å²) in [5.74, 6) is -1.15. The molecule has 2 amide bonds. The van der Waals surface area contributed by atoms with Gasteiger partial charge in [0.05, 0.1) is 12.1 Å². The first-order valence-corrected chi connectivity index (χ1v) is 7.67. The van der Waals surface area contributed by atoms with Crippen molar-refractivity contribution < 1.29 is 19.1 Å². The van der Waals surface area contributed by atoms with E-state index in [-0.39, 0.29) is 29.2 Å². The number of amides is 2. The predicted molar refractivity (Wildman–Crippen MR) is 91.6 cm³/mol. The number of para-hydroxylation sites is 1. The average molecular weight is 353 g/mol. The van der Waals surface area contributed by atoms with Crippen molar-refractivity contribution in [3.8, 4) is 5.75 Å². The Bertz CT molecular complexity index is 1010. The summed E-state index contributed by atoms with van der Waals surface area (Å²) in [4.78, 5) is 35.7. The Morgan fingerprint density at radius 1 is 0.962 bits per heavy atom. The molecule has 1 aromatic carbocycles. The van der Waals surface area contributed by atoms with E-state index in [9.17, 15) is 19.5 Å². The molecule has 0 atom stereocenters. The number of furan rings is 1. The van der Waals surface area contributed by atoms with Crippen molar-refractivity contribution in [2.75, 3.05) is 0 Å². The number of aromatic nitrogens is 1. The molecule has 2 heterocycles. The SMILES string of the molecule is O=C(NNC(=O)c1ccccc1O)c1ccc(Cn2ccccc2=O)o1. The molecule has 0 aliphatic rings. The fraction of sp³-hybridized carbons (Fsp3) is 0.0556. The number of rotatable bonds is 4. The summed E-state index contributed by atoms with van der Waals surface area (Å²) in [7, 11) is 0. The van der Waals surface area contributed by atoms with Crippen molar-refractivity contribution in [3.63, 3.8) is 0 Å². The lowest BCUT2D eigenvalue weighted by Gasteiger charge is -2.07. The molecule has 8 heteroatoms. The van der Waals surface area contributed by atoms with Crippen molar-refractivity contribution in [2.24, 2.45) is 0 Å². The van der Waals surface area contributed by atoms with Crippen molar-refractivity contribution >= 4 is 11.8 Å². The van der Waals surface area contributed by atoms with E-state index in [2.05, 4.69) is 10.9 Å². The van der Waals surface area contributed by atoms with Gasteiger partial charge in [-0.1, -0.05) is 18.2 Å². The Morgan fingerprint density at radius 3 is 2.46 bits per heavy atom. The molecule has 0 aliphatic carbocycles. The maximum absolute atomic E-state index is 12.0. The molecule has 3 N–H and O–H groups in total. The molecule has 3 rings (SSSR count). The van der Waals surface area contributed by atoms with E-state index in [0.717, 1.165) is 0 Å². The number of carbonyl (C=O) groups excluding carboxylic acids is 2. The topological polar surface area (TPSA) is 114 Å². The summed E-state index contributed by atoms with van der Waals surface area (Å²) in [5.41, 5.74) is 4.23. The van der Waals surface area contributed by atoms with Gasteiger partial charge in [-0.05, 0) is 30.3 Å². The van der Waals surface area contributed by atoms with Crippen LogP contribution in [0.1, 0.15) is 26.7 Å². The highest BCUT2D eigenvalue weighted by atomic mass is 16.4. The van der Waals surface area contributed by atoms with Gasteiger partial charge in [0.1, 0.15) is 11.5 Å². The zero-order valence-corrected chi connectivity index (χ0v) is 13.5. The first kappa shape index (κ1) is 17.0. The number of aromatic hydroxyl groups is 1. The van der Waals surface area contributed by atoms with E-state index in [1.165, 1.54) is 28.8 Å². The molecule has 0 saturated heterocycles. The molecular formula is C18H15N3O5. The number of benzene rings is 1. The van der Waals surface area contributed by atoms with Crippen LogP contribution in [-0.2, 0) is 6.54 Å². The molecule has 0 fully saturated rings. The minimum Gasteiger partial charge on any atom is -0.507 e. The summed E-state index contributed by atoms with van der Waals surface area (Å²) in [6.45, 7) is 0.178. The molecule has 3 aromatic rings. The fourth-order valence-electron chi connectivity index (χ4n) is 2.25. The summed E-state index contributed by atoms with van der Waals surface area (Å²) >= 11 is 0. The minimum absolute atomic E-state index is 0.0244. The number of hydrogen-bond acceptors (Lipinski definition) is 5. The highest BCUT2D eigenvalue weighted by Crippen LogP contribution is 2.14. The highest BCUT2D eigenvalue weighted by molar-refractivity contribution is 5.99. The number of nitrogens with zero attached hydrogens (tertiary/aromatic N) is 1. The Hall–Kier alpha value is -3.81. The van der Waals surface area contributed by atoms with Gasteiger partial charge in [0.25, 0.3) is 11.5 Å². The zero-order valence-electron chi connectivity index (χ0n) is 13.5. The summed E-state index contributed by atoms with van der Waals surface area (Å²) in [6.07, 6.45) is 1.61. The van der Waals surface area contributed by atoms with Gasteiger partial charge in [-0.15, -0.1) is 0 Å². The number of hydrogen-bond donors (Lipinski definition) is 3. The predicted octanol–water partition coefficient (Wildman–Crippen LogP) is 1.27. The van der Waals surface area contributed by atoms with Gasteiger partial charge in [0.15, 0.2) is 5.76 Å². The van der Waals surface area contributed by atoms with Crippen LogP contribution in [-0.4, -0.2) is 21.5 Å². The van der Waals surface area contributed by atoms with E-state index in [1.807, 2.05) is 0 Å². The van der Waals surface area contributed by atoms with Gasteiger partial charge in [-0.2, -0.15) is 0 Å². The van der Waals surface area contributed by atoms with Crippen LogP contribution in [0, 0.1) is 0 Å². The van der Waals surface area contributed by atoms with Crippen LogP contribution in [0.25, 0.3) is 0 Å². The van der Waals surface area contributed by atoms with E-state index in [1.54, 1.807) is 36.5 Å². The van der Waals surface area contributed by atoms with Crippen LogP contribution in [0.2, 0.25) is 0 Å². The average Bonchev–Trinajstić information content (AvgIpc) is 3.10. The molecule has 2 aromatic heterocycles. The first-order valence-electron chi connectivity index (χ1n) is 7.67. The smallest absolute Gasteiger partial charge is 0.305 e. The largest absolute Gasteiger partial charge is 0.507 e. The van der Waals surface area contributed by atoms with E-state index in [4.69, 9.17) is 4.42 Å². The van der Waals surface area contributed by atoms with E-state index in [0.29, 0.717) is 5.76 Å². The number of nitrogens with one attached hydrogen (secondary N) is 2. The normalized spacial score (nSPS) is 10.3. The van der Waals surface area contributed by atoms with Crippen LogP contribution >= 0.6 is 0 Å². The third-order valence-electron chi connectivity index (χ3n) is 3.55. The molecular weight excluding hydrogens is 338 g/mol. The Kier molecular flexibility index (Phi) is 4.84. The van der Waals surface area contributed by atoms with Gasteiger partial charge in [-0.25, -0.2) is 0 Å².